The summed E-state index contributed by atoms with van der Waals surface area (Å²) in [4.78, 5) is 0. The Kier molecular flexibility index (Phi) is 6.54. The Hall–Kier alpha value is -2.15. The van der Waals surface area contributed by atoms with E-state index >= 15 is 0 Å². The number of hydrogen-bond acceptors (Lipinski definition) is 2. The molecule has 3 aromatic rings. The van der Waals surface area contributed by atoms with Gasteiger partial charge in [0, 0.05) is 6.54 Å². The van der Waals surface area contributed by atoms with Crippen molar-refractivity contribution >= 4 is 46.2 Å². The molecule has 0 saturated carbocycles. The van der Waals surface area contributed by atoms with Crippen LogP contribution in [0.4, 0.5) is 10.1 Å². The van der Waals surface area contributed by atoms with Gasteiger partial charge in [-0.2, -0.15) is 5.10 Å². The lowest BCUT2D eigenvalue weighted by Gasteiger charge is -2.11. The van der Waals surface area contributed by atoms with E-state index in [0.717, 1.165) is 28.2 Å². The number of halogens is 3. The molecule has 3 rings (SSSR count). The van der Waals surface area contributed by atoms with E-state index in [1.165, 1.54) is 12.1 Å². The molecule has 0 amide bonds. The molecule has 146 valence electrons. The van der Waals surface area contributed by atoms with Crippen LogP contribution in [-0.2, 0) is 13.1 Å². The first-order chi connectivity index (χ1) is 13.3. The zero-order chi connectivity index (χ0) is 20.3. The molecule has 0 aliphatic heterocycles. The molecule has 0 saturated heterocycles. The van der Waals surface area contributed by atoms with Gasteiger partial charge in [0.15, 0.2) is 5.11 Å². The number of hydrogen-bond donors (Lipinski definition) is 2. The fourth-order valence-corrected chi connectivity index (χ4v) is 3.28. The zero-order valence-electron chi connectivity index (χ0n) is 15.4. The second kappa shape index (κ2) is 8.90. The van der Waals surface area contributed by atoms with E-state index in [1.807, 2.05) is 30.7 Å². The van der Waals surface area contributed by atoms with Crippen LogP contribution in [0.5, 0.6) is 0 Å². The van der Waals surface area contributed by atoms with E-state index in [-0.39, 0.29) is 5.82 Å². The summed E-state index contributed by atoms with van der Waals surface area (Å²) < 4.78 is 14.9. The second-order valence-corrected chi connectivity index (χ2v) is 7.61. The quantitative estimate of drug-likeness (QED) is 0.519. The first-order valence-electron chi connectivity index (χ1n) is 8.60. The van der Waals surface area contributed by atoms with Crippen molar-refractivity contribution in [2.75, 3.05) is 5.32 Å². The number of benzene rings is 2. The van der Waals surface area contributed by atoms with E-state index in [4.69, 9.17) is 35.4 Å². The van der Waals surface area contributed by atoms with E-state index in [9.17, 15) is 4.39 Å². The molecular formula is C20H19Cl2FN4S. The highest BCUT2D eigenvalue weighted by Crippen LogP contribution is 2.25. The minimum Gasteiger partial charge on any atom is -0.358 e. The Morgan fingerprint density at radius 1 is 1.07 bits per heavy atom. The van der Waals surface area contributed by atoms with Crippen LogP contribution < -0.4 is 10.6 Å². The molecule has 4 nitrogen and oxygen atoms in total. The lowest BCUT2D eigenvalue weighted by atomic mass is 10.2. The van der Waals surface area contributed by atoms with Gasteiger partial charge in [-0.3, -0.25) is 4.68 Å². The molecule has 1 aromatic heterocycles. The number of aromatic nitrogens is 2. The molecule has 0 aliphatic carbocycles. The lowest BCUT2D eigenvalue weighted by Crippen LogP contribution is -2.28. The van der Waals surface area contributed by atoms with Gasteiger partial charge in [0.1, 0.15) is 5.82 Å². The number of rotatable bonds is 5. The van der Waals surface area contributed by atoms with Gasteiger partial charge in [-0.25, -0.2) is 4.39 Å². The van der Waals surface area contributed by atoms with Crippen LogP contribution in [0.1, 0.15) is 22.5 Å². The molecule has 0 aliphatic rings. The monoisotopic (exact) mass is 436 g/mol. The normalized spacial score (nSPS) is 10.8. The molecule has 8 heteroatoms. The fraction of sp³-hybridized carbons (Fsp3) is 0.200. The minimum absolute atomic E-state index is 0.259. The molecule has 0 bridgehead atoms. The van der Waals surface area contributed by atoms with Gasteiger partial charge in [0.05, 0.1) is 33.7 Å². The number of nitrogens with zero attached hydrogens (tertiary/aromatic N) is 2. The third-order valence-corrected chi connectivity index (χ3v) is 5.29. The van der Waals surface area contributed by atoms with Gasteiger partial charge in [-0.05, 0) is 61.5 Å². The van der Waals surface area contributed by atoms with Crippen molar-refractivity contribution in [2.24, 2.45) is 0 Å². The molecule has 0 spiro atoms. The maximum atomic E-state index is 13.0. The average molecular weight is 437 g/mol. The lowest BCUT2D eigenvalue weighted by molar-refractivity contribution is 0.627. The van der Waals surface area contributed by atoms with Crippen LogP contribution in [0, 0.1) is 19.7 Å². The zero-order valence-corrected chi connectivity index (χ0v) is 17.7. The van der Waals surface area contributed by atoms with Crippen molar-refractivity contribution < 1.29 is 4.39 Å². The van der Waals surface area contributed by atoms with Crippen LogP contribution >= 0.6 is 35.4 Å². The van der Waals surface area contributed by atoms with Gasteiger partial charge in [0.2, 0.25) is 0 Å². The van der Waals surface area contributed by atoms with Crippen molar-refractivity contribution in [3.8, 4) is 0 Å². The summed E-state index contributed by atoms with van der Waals surface area (Å²) in [6.07, 6.45) is 0. The number of nitrogens with one attached hydrogen (secondary N) is 2. The highest BCUT2D eigenvalue weighted by atomic mass is 35.5. The molecule has 2 N–H and O–H groups in total. The maximum absolute atomic E-state index is 13.0. The van der Waals surface area contributed by atoms with Crippen LogP contribution in [0.25, 0.3) is 0 Å². The fourth-order valence-electron chi connectivity index (χ4n) is 2.79. The van der Waals surface area contributed by atoms with Gasteiger partial charge in [-0.1, -0.05) is 41.4 Å². The first kappa shape index (κ1) is 20.6. The minimum atomic E-state index is -0.259. The molecule has 28 heavy (non-hydrogen) atoms. The van der Waals surface area contributed by atoms with Crippen molar-refractivity contribution in [3.05, 3.63) is 80.8 Å². The van der Waals surface area contributed by atoms with Crippen LogP contribution in [0.2, 0.25) is 10.0 Å². The van der Waals surface area contributed by atoms with E-state index in [2.05, 4.69) is 15.7 Å². The predicted octanol–water partition coefficient (Wildman–Crippen LogP) is 5.48. The van der Waals surface area contributed by atoms with Crippen LogP contribution in [-0.4, -0.2) is 14.9 Å². The van der Waals surface area contributed by atoms with Gasteiger partial charge in [-0.15, -0.1) is 0 Å². The molecule has 0 fully saturated rings. The highest BCUT2D eigenvalue weighted by Gasteiger charge is 2.13. The first-order valence-corrected chi connectivity index (χ1v) is 9.77. The van der Waals surface area contributed by atoms with Crippen molar-refractivity contribution in [3.63, 3.8) is 0 Å². The summed E-state index contributed by atoms with van der Waals surface area (Å²) in [7, 11) is 0. The van der Waals surface area contributed by atoms with Gasteiger partial charge < -0.3 is 10.6 Å². The molecule has 1 heterocycles. The van der Waals surface area contributed by atoms with Crippen LogP contribution in [0.15, 0.2) is 42.5 Å². The SMILES string of the molecule is Cc1nn(Cc2ccc(Cl)c(Cl)c2)c(C)c1NC(=S)NCc1ccc(F)cc1. The Morgan fingerprint density at radius 2 is 1.75 bits per heavy atom. The predicted molar refractivity (Wildman–Crippen MR) is 117 cm³/mol. The maximum Gasteiger partial charge on any atom is 0.171 e. The summed E-state index contributed by atoms with van der Waals surface area (Å²) in [5.74, 6) is -0.259. The largest absolute Gasteiger partial charge is 0.358 e. The Morgan fingerprint density at radius 3 is 2.43 bits per heavy atom. The van der Waals surface area contributed by atoms with Crippen molar-refractivity contribution in [1.29, 1.82) is 0 Å². The third kappa shape index (κ3) is 5.01. The van der Waals surface area contributed by atoms with Crippen LogP contribution in [0.3, 0.4) is 0 Å². The topological polar surface area (TPSA) is 41.9 Å². The van der Waals surface area contributed by atoms with Gasteiger partial charge >= 0.3 is 0 Å². The summed E-state index contributed by atoms with van der Waals surface area (Å²) >= 11 is 17.5. The summed E-state index contributed by atoms with van der Waals surface area (Å²) in [6.45, 7) is 4.97. The summed E-state index contributed by atoms with van der Waals surface area (Å²) in [5.41, 5.74) is 4.59. The summed E-state index contributed by atoms with van der Waals surface area (Å²) in [5, 5.41) is 12.4. The van der Waals surface area contributed by atoms with E-state index in [0.29, 0.717) is 28.2 Å². The van der Waals surface area contributed by atoms with E-state index in [1.54, 1.807) is 18.2 Å². The van der Waals surface area contributed by atoms with Crippen molar-refractivity contribution in [2.45, 2.75) is 26.9 Å². The molecule has 0 atom stereocenters. The van der Waals surface area contributed by atoms with Crippen molar-refractivity contribution in [1.82, 2.24) is 15.1 Å². The highest BCUT2D eigenvalue weighted by molar-refractivity contribution is 7.80. The molecule has 0 radical (unpaired) electrons. The Labute approximate surface area is 178 Å². The smallest absolute Gasteiger partial charge is 0.171 e. The molecular weight excluding hydrogens is 418 g/mol. The Bertz CT molecular complexity index is 1000. The Balaban J connectivity index is 1.66. The number of thiocarbonyl (C=S) groups is 1. The molecule has 0 unspecified atom stereocenters. The number of anilines is 1. The third-order valence-electron chi connectivity index (χ3n) is 4.30. The average Bonchev–Trinajstić information content (AvgIpc) is 2.92. The van der Waals surface area contributed by atoms with Gasteiger partial charge in [0.25, 0.3) is 0 Å². The molecule has 2 aromatic carbocycles. The second-order valence-electron chi connectivity index (χ2n) is 6.39. The van der Waals surface area contributed by atoms with E-state index < -0.39 is 0 Å². The summed E-state index contributed by atoms with van der Waals surface area (Å²) in [6, 6.07) is 11.8. The standard InChI is InChI=1S/C20H19Cl2FN4S/c1-12-19(25-20(28)24-10-14-3-6-16(23)7-4-14)13(2)27(26-12)11-15-5-8-17(21)18(22)9-15/h3-9H,10-11H2,1-2H3,(H2,24,25,28). The number of aryl methyl sites for hydroxylation is 1.